The van der Waals surface area contributed by atoms with E-state index in [4.69, 9.17) is 5.11 Å². The highest BCUT2D eigenvalue weighted by atomic mass is 19.1. The fourth-order valence-electron chi connectivity index (χ4n) is 2.38. The molecule has 1 aromatic carbocycles. The van der Waals surface area contributed by atoms with Gasteiger partial charge < -0.3 is 20.4 Å². The minimum Gasteiger partial charge on any atom is -0.480 e. The predicted molar refractivity (Wildman–Crippen MR) is 72.1 cm³/mol. The zero-order valence-corrected chi connectivity index (χ0v) is 11.5. The molecule has 3 N–H and O–H groups in total. The number of carboxylic acids is 1. The number of halogens is 1. The van der Waals surface area contributed by atoms with E-state index in [0.29, 0.717) is 5.56 Å². The zero-order valence-electron chi connectivity index (χ0n) is 11.5. The Morgan fingerprint density at radius 2 is 2.00 bits per heavy atom. The number of aliphatic hydroxyl groups excluding tert-OH is 1. The third-order valence-electron chi connectivity index (χ3n) is 3.53. The summed E-state index contributed by atoms with van der Waals surface area (Å²) in [6.07, 6.45) is -0.814. The number of likely N-dealkylation sites (tertiary alicyclic amines) is 1. The molecule has 6 nitrogen and oxygen atoms in total. The average Bonchev–Trinajstić information content (AvgIpc) is 2.82. The Balaban J connectivity index is 2.03. The van der Waals surface area contributed by atoms with Gasteiger partial charge in [0.15, 0.2) is 0 Å². The Hall–Kier alpha value is -2.15. The summed E-state index contributed by atoms with van der Waals surface area (Å²) in [5.74, 6) is -1.51. The molecule has 21 heavy (non-hydrogen) atoms. The van der Waals surface area contributed by atoms with Crippen molar-refractivity contribution in [3.8, 4) is 0 Å². The van der Waals surface area contributed by atoms with Gasteiger partial charge in [0, 0.05) is 13.0 Å². The van der Waals surface area contributed by atoms with Gasteiger partial charge >= 0.3 is 12.0 Å². The number of hydrogen-bond acceptors (Lipinski definition) is 3. The molecular formula is C14H17FN2O4. The van der Waals surface area contributed by atoms with Crippen LogP contribution in [0.4, 0.5) is 9.18 Å². The van der Waals surface area contributed by atoms with Gasteiger partial charge in [0.05, 0.1) is 12.1 Å². The van der Waals surface area contributed by atoms with E-state index < -0.39 is 30.2 Å². The third-order valence-corrected chi connectivity index (χ3v) is 3.53. The summed E-state index contributed by atoms with van der Waals surface area (Å²) >= 11 is 0. The lowest BCUT2D eigenvalue weighted by Crippen LogP contribution is -2.46. The molecule has 1 aliphatic heterocycles. The van der Waals surface area contributed by atoms with Crippen LogP contribution in [-0.4, -0.2) is 45.8 Å². The molecule has 2 unspecified atom stereocenters. The first-order chi connectivity index (χ1) is 9.88. The van der Waals surface area contributed by atoms with Crippen LogP contribution in [0.5, 0.6) is 0 Å². The van der Waals surface area contributed by atoms with E-state index in [1.807, 2.05) is 0 Å². The number of carbonyl (C=O) groups is 2. The summed E-state index contributed by atoms with van der Waals surface area (Å²) < 4.78 is 12.9. The number of aliphatic carboxylic acids is 1. The second kappa shape index (κ2) is 6.09. The van der Waals surface area contributed by atoms with Gasteiger partial charge in [-0.05, 0) is 24.6 Å². The van der Waals surface area contributed by atoms with E-state index in [0.717, 1.165) is 4.90 Å². The van der Waals surface area contributed by atoms with Gasteiger partial charge in [0.1, 0.15) is 11.9 Å². The van der Waals surface area contributed by atoms with Crippen molar-refractivity contribution in [2.45, 2.75) is 31.5 Å². The SMILES string of the molecule is CC(NC(=O)N1CC(O)C[C@H]1C(=O)O)c1ccc(F)cc1. The lowest BCUT2D eigenvalue weighted by molar-refractivity contribution is -0.141. The van der Waals surface area contributed by atoms with Crippen LogP contribution in [0.1, 0.15) is 24.9 Å². The summed E-state index contributed by atoms with van der Waals surface area (Å²) in [4.78, 5) is 24.3. The molecule has 1 aliphatic rings. The van der Waals surface area contributed by atoms with Crippen molar-refractivity contribution < 1.29 is 24.2 Å². The van der Waals surface area contributed by atoms with Crippen LogP contribution in [0.3, 0.4) is 0 Å². The number of benzene rings is 1. The van der Waals surface area contributed by atoms with Crippen LogP contribution in [-0.2, 0) is 4.79 Å². The largest absolute Gasteiger partial charge is 0.480 e. The Bertz CT molecular complexity index is 534. The van der Waals surface area contributed by atoms with Crippen LogP contribution in [0.25, 0.3) is 0 Å². The monoisotopic (exact) mass is 296 g/mol. The molecule has 1 fully saturated rings. The molecule has 0 radical (unpaired) electrons. The van der Waals surface area contributed by atoms with Crippen molar-refractivity contribution in [3.63, 3.8) is 0 Å². The van der Waals surface area contributed by atoms with E-state index in [-0.39, 0.29) is 18.8 Å². The quantitative estimate of drug-likeness (QED) is 0.779. The number of amides is 2. The van der Waals surface area contributed by atoms with Crippen molar-refractivity contribution in [1.82, 2.24) is 10.2 Å². The number of nitrogens with one attached hydrogen (secondary N) is 1. The second-order valence-electron chi connectivity index (χ2n) is 5.12. The van der Waals surface area contributed by atoms with Gasteiger partial charge in [-0.3, -0.25) is 0 Å². The molecule has 7 heteroatoms. The Morgan fingerprint density at radius 1 is 1.38 bits per heavy atom. The molecule has 0 spiro atoms. The van der Waals surface area contributed by atoms with Crippen molar-refractivity contribution in [2.75, 3.05) is 6.54 Å². The van der Waals surface area contributed by atoms with E-state index in [1.54, 1.807) is 19.1 Å². The molecule has 3 atom stereocenters. The maximum absolute atomic E-state index is 12.9. The minimum absolute atomic E-state index is 0.0149. The van der Waals surface area contributed by atoms with Crippen LogP contribution in [0.15, 0.2) is 24.3 Å². The number of hydrogen-bond donors (Lipinski definition) is 3. The number of rotatable bonds is 3. The molecule has 1 aromatic rings. The predicted octanol–water partition coefficient (Wildman–Crippen LogP) is 1.12. The normalized spacial score (nSPS) is 22.9. The Morgan fingerprint density at radius 3 is 2.57 bits per heavy atom. The lowest BCUT2D eigenvalue weighted by Gasteiger charge is -2.24. The number of carbonyl (C=O) groups excluding carboxylic acids is 1. The zero-order chi connectivity index (χ0) is 15.6. The highest BCUT2D eigenvalue weighted by Gasteiger charge is 2.39. The molecule has 2 amide bonds. The van der Waals surface area contributed by atoms with Gasteiger partial charge in [-0.1, -0.05) is 12.1 Å². The highest BCUT2D eigenvalue weighted by Crippen LogP contribution is 2.20. The lowest BCUT2D eigenvalue weighted by atomic mass is 10.1. The summed E-state index contributed by atoms with van der Waals surface area (Å²) in [5, 5.41) is 21.2. The number of aliphatic hydroxyl groups is 1. The standard InChI is InChI=1S/C14H17FN2O4/c1-8(9-2-4-10(15)5-3-9)16-14(21)17-7-11(18)6-12(17)13(19)20/h2-5,8,11-12,18H,6-7H2,1H3,(H,16,21)(H,19,20)/t8?,11?,12-/m0/s1. The maximum atomic E-state index is 12.9. The number of β-amino-alcohol motifs (C(OH)–C–C–N with tert-alkyl or cyclic N) is 1. The first kappa shape index (κ1) is 15.2. The van der Waals surface area contributed by atoms with Crippen molar-refractivity contribution in [3.05, 3.63) is 35.6 Å². The fourth-order valence-corrected chi connectivity index (χ4v) is 2.38. The first-order valence-corrected chi connectivity index (χ1v) is 6.62. The number of urea groups is 1. The molecule has 0 bridgehead atoms. The van der Waals surface area contributed by atoms with Crippen LogP contribution in [0, 0.1) is 5.82 Å². The van der Waals surface area contributed by atoms with Gasteiger partial charge in [0.25, 0.3) is 0 Å². The fraction of sp³-hybridized carbons (Fsp3) is 0.429. The van der Waals surface area contributed by atoms with Crippen molar-refractivity contribution in [2.24, 2.45) is 0 Å². The Labute approximate surface area is 121 Å². The average molecular weight is 296 g/mol. The summed E-state index contributed by atoms with van der Waals surface area (Å²) in [6, 6.07) is 3.69. The molecule has 1 saturated heterocycles. The van der Waals surface area contributed by atoms with E-state index in [2.05, 4.69) is 5.32 Å². The molecule has 0 aromatic heterocycles. The molecule has 2 rings (SSSR count). The van der Waals surface area contributed by atoms with Crippen LogP contribution < -0.4 is 5.32 Å². The van der Waals surface area contributed by atoms with Crippen LogP contribution in [0.2, 0.25) is 0 Å². The smallest absolute Gasteiger partial charge is 0.326 e. The van der Waals surface area contributed by atoms with Crippen molar-refractivity contribution in [1.29, 1.82) is 0 Å². The summed E-state index contributed by atoms with van der Waals surface area (Å²) in [5.41, 5.74) is 0.705. The minimum atomic E-state index is -1.14. The molecule has 114 valence electrons. The summed E-state index contributed by atoms with van der Waals surface area (Å²) in [7, 11) is 0. The van der Waals surface area contributed by atoms with Crippen LogP contribution >= 0.6 is 0 Å². The van der Waals surface area contributed by atoms with Gasteiger partial charge in [-0.2, -0.15) is 0 Å². The first-order valence-electron chi connectivity index (χ1n) is 6.62. The van der Waals surface area contributed by atoms with E-state index in [1.165, 1.54) is 12.1 Å². The third kappa shape index (κ3) is 3.49. The number of nitrogens with zero attached hydrogens (tertiary/aromatic N) is 1. The molecular weight excluding hydrogens is 279 g/mol. The molecule has 1 heterocycles. The van der Waals surface area contributed by atoms with Gasteiger partial charge in [-0.15, -0.1) is 0 Å². The topological polar surface area (TPSA) is 89.9 Å². The maximum Gasteiger partial charge on any atom is 0.326 e. The van der Waals surface area contributed by atoms with Crippen molar-refractivity contribution >= 4 is 12.0 Å². The van der Waals surface area contributed by atoms with Gasteiger partial charge in [-0.25, -0.2) is 14.0 Å². The van der Waals surface area contributed by atoms with E-state index in [9.17, 15) is 19.1 Å². The van der Waals surface area contributed by atoms with Gasteiger partial charge in [0.2, 0.25) is 0 Å². The Kier molecular flexibility index (Phi) is 4.42. The van der Waals surface area contributed by atoms with E-state index >= 15 is 0 Å². The summed E-state index contributed by atoms with van der Waals surface area (Å²) in [6.45, 7) is 1.70. The second-order valence-corrected chi connectivity index (χ2v) is 5.12. The highest BCUT2D eigenvalue weighted by molar-refractivity contribution is 5.83. The number of carboxylic acid groups (broad SMARTS) is 1. The molecule has 0 aliphatic carbocycles. The molecule has 0 saturated carbocycles.